The molecule has 0 bridgehead atoms. The van der Waals surface area contributed by atoms with Crippen LogP contribution in [0.2, 0.25) is 0 Å². The third-order valence-electron chi connectivity index (χ3n) is 6.22. The normalized spacial score (nSPS) is 20.4. The molecule has 7 heteroatoms. The third-order valence-corrected chi connectivity index (χ3v) is 6.22. The van der Waals surface area contributed by atoms with Gasteiger partial charge in [-0.25, -0.2) is 0 Å². The number of piperidine rings is 1. The van der Waals surface area contributed by atoms with E-state index in [1.807, 2.05) is 22.1 Å². The van der Waals surface area contributed by atoms with Gasteiger partial charge >= 0.3 is 0 Å². The average Bonchev–Trinajstić information content (AvgIpc) is 2.81. The highest BCUT2D eigenvalue weighted by molar-refractivity contribution is 5.76. The molecule has 1 atom stereocenters. The number of amides is 1. The fraction of sp³-hybridized carbons (Fsp3) is 0.696. The number of benzene rings is 1. The summed E-state index contributed by atoms with van der Waals surface area (Å²) in [7, 11) is 5.49. The molecule has 2 fully saturated rings. The zero-order valence-corrected chi connectivity index (χ0v) is 18.8. The first-order chi connectivity index (χ1) is 14.6. The van der Waals surface area contributed by atoms with Crippen molar-refractivity contribution >= 4 is 5.91 Å². The molecule has 0 N–H and O–H groups in total. The van der Waals surface area contributed by atoms with Crippen molar-refractivity contribution in [2.45, 2.75) is 44.6 Å². The third kappa shape index (κ3) is 6.33. The summed E-state index contributed by atoms with van der Waals surface area (Å²) >= 11 is 0. The lowest BCUT2D eigenvalue weighted by atomic mass is 10.0. The Kier molecular flexibility index (Phi) is 8.78. The number of carbonyl (C=O) groups excluding carboxylic acids is 1. The van der Waals surface area contributed by atoms with Crippen molar-refractivity contribution in [3.8, 4) is 11.5 Å². The molecule has 7 nitrogen and oxygen atoms in total. The summed E-state index contributed by atoms with van der Waals surface area (Å²) in [5.41, 5.74) is 1.23. The Labute approximate surface area is 180 Å². The van der Waals surface area contributed by atoms with Crippen LogP contribution in [0.1, 0.15) is 37.7 Å². The van der Waals surface area contributed by atoms with Crippen LogP contribution in [0.5, 0.6) is 11.5 Å². The Morgan fingerprint density at radius 3 is 2.73 bits per heavy atom. The van der Waals surface area contributed by atoms with Crippen molar-refractivity contribution in [2.75, 3.05) is 60.6 Å². The van der Waals surface area contributed by atoms with Gasteiger partial charge in [0.1, 0.15) is 0 Å². The first kappa shape index (κ1) is 22.8. The van der Waals surface area contributed by atoms with Gasteiger partial charge in [0, 0.05) is 45.2 Å². The molecule has 168 valence electrons. The summed E-state index contributed by atoms with van der Waals surface area (Å²) in [6.07, 6.45) is 5.97. The minimum absolute atomic E-state index is 0.252. The Hall–Kier alpha value is -1.83. The molecule has 0 aromatic heterocycles. The van der Waals surface area contributed by atoms with E-state index in [9.17, 15) is 4.79 Å². The zero-order chi connectivity index (χ0) is 21.3. The van der Waals surface area contributed by atoms with Crippen LogP contribution in [-0.2, 0) is 16.1 Å². The number of hydroxylamine groups is 2. The van der Waals surface area contributed by atoms with E-state index in [0.717, 1.165) is 76.4 Å². The largest absolute Gasteiger partial charge is 0.493 e. The predicted octanol–water partition coefficient (Wildman–Crippen LogP) is 2.59. The van der Waals surface area contributed by atoms with Crippen LogP contribution in [0.15, 0.2) is 18.2 Å². The Morgan fingerprint density at radius 2 is 2.00 bits per heavy atom. The van der Waals surface area contributed by atoms with Crippen LogP contribution in [0.4, 0.5) is 0 Å². The molecule has 2 saturated heterocycles. The minimum Gasteiger partial charge on any atom is -0.493 e. The summed E-state index contributed by atoms with van der Waals surface area (Å²) in [6.45, 7) is 5.07. The number of carbonyl (C=O) groups is 1. The molecule has 1 aromatic carbocycles. The van der Waals surface area contributed by atoms with Gasteiger partial charge in [-0.3, -0.25) is 9.63 Å². The minimum atomic E-state index is 0.252. The number of nitrogens with zero attached hydrogens (tertiary/aromatic N) is 3. The molecule has 30 heavy (non-hydrogen) atoms. The standard InChI is InChI=1S/C23H37N3O4/c1-24(14-10-19-8-9-21(28-2)22(17-19)29-3)20-7-6-12-25(18-20)23(27)11-15-26-13-4-5-16-30-26/h8-9,17,20H,4-7,10-16,18H2,1-3H3/t20-/m0/s1. The molecule has 0 spiro atoms. The quantitative estimate of drug-likeness (QED) is 0.613. The summed E-state index contributed by atoms with van der Waals surface area (Å²) in [6, 6.07) is 6.51. The number of hydrogen-bond donors (Lipinski definition) is 0. The molecule has 0 radical (unpaired) electrons. The summed E-state index contributed by atoms with van der Waals surface area (Å²) in [5.74, 6) is 1.78. The number of rotatable bonds is 9. The highest BCUT2D eigenvalue weighted by Gasteiger charge is 2.26. The topological polar surface area (TPSA) is 54.5 Å². The molecule has 2 aliphatic rings. The second-order valence-corrected chi connectivity index (χ2v) is 8.28. The lowest BCUT2D eigenvalue weighted by Crippen LogP contribution is -2.49. The van der Waals surface area contributed by atoms with E-state index in [2.05, 4.69) is 18.0 Å². The molecule has 0 aliphatic carbocycles. The van der Waals surface area contributed by atoms with Crippen LogP contribution in [0.3, 0.4) is 0 Å². The van der Waals surface area contributed by atoms with Gasteiger partial charge in [0.25, 0.3) is 0 Å². The van der Waals surface area contributed by atoms with Gasteiger partial charge in [-0.2, -0.15) is 5.06 Å². The number of hydrogen-bond acceptors (Lipinski definition) is 6. The SMILES string of the molecule is COc1ccc(CCN(C)[C@H]2CCCN(C(=O)CCN3CCCCO3)C2)cc1OC. The van der Waals surface area contributed by atoms with Crippen molar-refractivity contribution in [2.24, 2.45) is 0 Å². The number of likely N-dealkylation sites (N-methyl/N-ethyl adjacent to an activating group) is 1. The van der Waals surface area contributed by atoms with E-state index in [4.69, 9.17) is 14.3 Å². The van der Waals surface area contributed by atoms with E-state index in [1.54, 1.807) is 14.2 Å². The van der Waals surface area contributed by atoms with Crippen LogP contribution < -0.4 is 9.47 Å². The first-order valence-electron chi connectivity index (χ1n) is 11.2. The van der Waals surface area contributed by atoms with E-state index in [1.165, 1.54) is 5.56 Å². The Morgan fingerprint density at radius 1 is 1.17 bits per heavy atom. The number of ether oxygens (including phenoxy) is 2. The molecule has 1 amide bonds. The van der Waals surface area contributed by atoms with Gasteiger partial charge < -0.3 is 19.3 Å². The van der Waals surface area contributed by atoms with Gasteiger partial charge in [-0.15, -0.1) is 0 Å². The van der Waals surface area contributed by atoms with Crippen LogP contribution >= 0.6 is 0 Å². The van der Waals surface area contributed by atoms with E-state index >= 15 is 0 Å². The molecule has 2 heterocycles. The molecule has 1 aromatic rings. The molecule has 2 aliphatic heterocycles. The van der Waals surface area contributed by atoms with Crippen molar-refractivity contribution in [3.05, 3.63) is 23.8 Å². The van der Waals surface area contributed by atoms with Crippen molar-refractivity contribution in [1.29, 1.82) is 0 Å². The molecular weight excluding hydrogens is 382 g/mol. The predicted molar refractivity (Wildman–Crippen MR) is 117 cm³/mol. The maximum absolute atomic E-state index is 12.7. The first-order valence-corrected chi connectivity index (χ1v) is 11.2. The molecular formula is C23H37N3O4. The lowest BCUT2D eigenvalue weighted by Gasteiger charge is -2.38. The maximum atomic E-state index is 12.7. The highest BCUT2D eigenvalue weighted by atomic mass is 16.7. The molecule has 0 saturated carbocycles. The highest BCUT2D eigenvalue weighted by Crippen LogP contribution is 2.28. The van der Waals surface area contributed by atoms with E-state index in [-0.39, 0.29) is 5.91 Å². The second-order valence-electron chi connectivity index (χ2n) is 8.28. The molecule has 3 rings (SSSR count). The van der Waals surface area contributed by atoms with Gasteiger partial charge in [-0.05, 0) is 56.8 Å². The Balaban J connectivity index is 1.45. The van der Waals surface area contributed by atoms with Gasteiger partial charge in [0.15, 0.2) is 11.5 Å². The van der Waals surface area contributed by atoms with Crippen LogP contribution in [0, 0.1) is 0 Å². The van der Waals surface area contributed by atoms with Gasteiger partial charge in [-0.1, -0.05) is 6.07 Å². The molecule has 0 unspecified atom stereocenters. The van der Waals surface area contributed by atoms with Crippen LogP contribution in [-0.4, -0.2) is 87.4 Å². The maximum Gasteiger partial charge on any atom is 0.224 e. The lowest BCUT2D eigenvalue weighted by molar-refractivity contribution is -0.182. The zero-order valence-electron chi connectivity index (χ0n) is 18.8. The number of methoxy groups -OCH3 is 2. The van der Waals surface area contributed by atoms with Crippen molar-refractivity contribution in [3.63, 3.8) is 0 Å². The fourth-order valence-corrected chi connectivity index (χ4v) is 4.27. The van der Waals surface area contributed by atoms with Gasteiger partial charge in [0.05, 0.1) is 20.8 Å². The Bertz CT molecular complexity index is 678. The second kappa shape index (κ2) is 11.5. The smallest absolute Gasteiger partial charge is 0.224 e. The number of likely N-dealkylation sites (tertiary alicyclic amines) is 1. The summed E-state index contributed by atoms with van der Waals surface area (Å²) in [4.78, 5) is 22.8. The summed E-state index contributed by atoms with van der Waals surface area (Å²) < 4.78 is 10.7. The fourth-order valence-electron chi connectivity index (χ4n) is 4.27. The van der Waals surface area contributed by atoms with E-state index in [0.29, 0.717) is 19.0 Å². The van der Waals surface area contributed by atoms with Crippen LogP contribution in [0.25, 0.3) is 0 Å². The van der Waals surface area contributed by atoms with Crippen molar-refractivity contribution < 1.29 is 19.1 Å². The van der Waals surface area contributed by atoms with Crippen molar-refractivity contribution in [1.82, 2.24) is 14.9 Å². The van der Waals surface area contributed by atoms with E-state index < -0.39 is 0 Å². The monoisotopic (exact) mass is 419 g/mol. The van der Waals surface area contributed by atoms with Gasteiger partial charge in [0.2, 0.25) is 5.91 Å². The summed E-state index contributed by atoms with van der Waals surface area (Å²) in [5, 5.41) is 1.96. The average molecular weight is 420 g/mol.